The Morgan fingerprint density at radius 1 is 1.30 bits per heavy atom. The number of nitrogens with zero attached hydrogens (tertiary/aromatic N) is 1. The van der Waals surface area contributed by atoms with E-state index in [2.05, 4.69) is 19.1 Å². The standard InChI is InChI=1S/C19H25NO2S/c1-14(21)22-13-15(12-19(2)10-6-3-7-11-19)18-20-16-8-4-5-9-17(16)23-18/h4-5,8-9,15H,3,6-7,10-13H2,1-2H3/t15-/m1/s1. The number of carbonyl (C=O) groups excluding carboxylic acids is 1. The maximum Gasteiger partial charge on any atom is 0.302 e. The maximum absolute atomic E-state index is 11.3. The van der Waals surface area contributed by atoms with Crippen LogP contribution in [0.4, 0.5) is 0 Å². The van der Waals surface area contributed by atoms with Crippen LogP contribution in [-0.4, -0.2) is 17.6 Å². The Hall–Kier alpha value is -1.42. The fourth-order valence-corrected chi connectivity index (χ4v) is 4.76. The highest BCUT2D eigenvalue weighted by atomic mass is 32.1. The van der Waals surface area contributed by atoms with Crippen LogP contribution >= 0.6 is 11.3 Å². The Balaban J connectivity index is 1.83. The second-order valence-corrected chi connectivity index (χ2v) is 8.16. The van der Waals surface area contributed by atoms with Crippen LogP contribution < -0.4 is 0 Å². The number of para-hydroxylation sites is 1. The number of hydrogen-bond acceptors (Lipinski definition) is 4. The predicted octanol–water partition coefficient (Wildman–Crippen LogP) is 5.30. The summed E-state index contributed by atoms with van der Waals surface area (Å²) >= 11 is 1.74. The van der Waals surface area contributed by atoms with Crippen LogP contribution in [0.2, 0.25) is 0 Å². The van der Waals surface area contributed by atoms with Gasteiger partial charge in [-0.25, -0.2) is 4.98 Å². The molecule has 0 saturated heterocycles. The first-order valence-electron chi connectivity index (χ1n) is 8.55. The monoisotopic (exact) mass is 331 g/mol. The molecule has 1 heterocycles. The molecular formula is C19H25NO2S. The molecule has 1 aliphatic carbocycles. The molecule has 4 heteroatoms. The third kappa shape index (κ3) is 4.11. The van der Waals surface area contributed by atoms with Gasteiger partial charge in [0.1, 0.15) is 11.6 Å². The van der Waals surface area contributed by atoms with E-state index in [1.165, 1.54) is 43.7 Å². The van der Waals surface area contributed by atoms with Crippen LogP contribution in [0.5, 0.6) is 0 Å². The van der Waals surface area contributed by atoms with E-state index in [1.54, 1.807) is 11.3 Å². The molecule has 23 heavy (non-hydrogen) atoms. The van der Waals surface area contributed by atoms with E-state index in [-0.39, 0.29) is 11.9 Å². The molecule has 3 nitrogen and oxygen atoms in total. The van der Waals surface area contributed by atoms with Crippen molar-refractivity contribution in [3.05, 3.63) is 29.3 Å². The molecule has 1 atom stereocenters. The van der Waals surface area contributed by atoms with Gasteiger partial charge in [0.15, 0.2) is 0 Å². The summed E-state index contributed by atoms with van der Waals surface area (Å²) in [5.41, 5.74) is 1.40. The minimum absolute atomic E-state index is 0.204. The molecule has 0 bridgehead atoms. The largest absolute Gasteiger partial charge is 0.465 e. The molecule has 1 fully saturated rings. The van der Waals surface area contributed by atoms with Crippen molar-refractivity contribution in [3.63, 3.8) is 0 Å². The molecule has 2 aromatic rings. The van der Waals surface area contributed by atoms with Crippen LogP contribution in [0.15, 0.2) is 24.3 Å². The molecule has 0 radical (unpaired) electrons. The molecule has 124 valence electrons. The van der Waals surface area contributed by atoms with Crippen LogP contribution in [0.25, 0.3) is 10.2 Å². The van der Waals surface area contributed by atoms with Crippen LogP contribution in [-0.2, 0) is 9.53 Å². The molecule has 1 saturated carbocycles. The van der Waals surface area contributed by atoms with Crippen molar-refractivity contribution in [2.24, 2.45) is 5.41 Å². The van der Waals surface area contributed by atoms with E-state index >= 15 is 0 Å². The van der Waals surface area contributed by atoms with E-state index < -0.39 is 0 Å². The zero-order chi connectivity index (χ0) is 16.3. The molecule has 0 spiro atoms. The highest BCUT2D eigenvalue weighted by Gasteiger charge is 2.32. The molecule has 0 N–H and O–H groups in total. The highest BCUT2D eigenvalue weighted by molar-refractivity contribution is 7.18. The first kappa shape index (κ1) is 16.4. The van der Waals surface area contributed by atoms with Gasteiger partial charge in [-0.2, -0.15) is 0 Å². The van der Waals surface area contributed by atoms with Crippen molar-refractivity contribution in [1.82, 2.24) is 4.98 Å². The van der Waals surface area contributed by atoms with Crippen LogP contribution in [0.3, 0.4) is 0 Å². The summed E-state index contributed by atoms with van der Waals surface area (Å²) in [5.74, 6) is 0.00399. The molecule has 0 amide bonds. The third-order valence-electron chi connectivity index (χ3n) is 4.95. The van der Waals surface area contributed by atoms with Gasteiger partial charge in [0.2, 0.25) is 0 Å². The Bertz CT molecular complexity index is 640. The topological polar surface area (TPSA) is 39.2 Å². The van der Waals surface area contributed by atoms with Gasteiger partial charge in [0.05, 0.1) is 10.2 Å². The predicted molar refractivity (Wildman–Crippen MR) is 94.8 cm³/mol. The highest BCUT2D eigenvalue weighted by Crippen LogP contribution is 2.44. The van der Waals surface area contributed by atoms with Crippen molar-refractivity contribution < 1.29 is 9.53 Å². The Morgan fingerprint density at radius 3 is 2.74 bits per heavy atom. The van der Waals surface area contributed by atoms with Gasteiger partial charge in [0.25, 0.3) is 0 Å². The Kier molecular flexibility index (Phi) is 5.00. The average molecular weight is 331 g/mol. The number of hydrogen-bond donors (Lipinski definition) is 0. The van der Waals surface area contributed by atoms with Gasteiger partial charge in [-0.1, -0.05) is 38.3 Å². The second-order valence-electron chi connectivity index (χ2n) is 7.09. The van der Waals surface area contributed by atoms with Crippen LogP contribution in [0, 0.1) is 5.41 Å². The molecule has 1 aromatic heterocycles. The Labute approximate surface area is 142 Å². The SMILES string of the molecule is CC(=O)OC[C@@H](CC1(C)CCCCC1)c1nc2ccccc2s1. The van der Waals surface area contributed by atoms with Crippen molar-refractivity contribution >= 4 is 27.5 Å². The van der Waals surface area contributed by atoms with Gasteiger partial charge in [0, 0.05) is 12.8 Å². The number of aromatic nitrogens is 1. The summed E-state index contributed by atoms with van der Waals surface area (Å²) in [7, 11) is 0. The number of carbonyl (C=O) groups is 1. The zero-order valence-electron chi connectivity index (χ0n) is 14.0. The summed E-state index contributed by atoms with van der Waals surface area (Å²) in [4.78, 5) is 16.1. The minimum atomic E-state index is -0.204. The number of rotatable bonds is 5. The van der Waals surface area contributed by atoms with Gasteiger partial charge >= 0.3 is 5.97 Å². The normalized spacial score (nSPS) is 18.7. The van der Waals surface area contributed by atoms with Crippen molar-refractivity contribution in [2.45, 2.75) is 58.3 Å². The Morgan fingerprint density at radius 2 is 2.04 bits per heavy atom. The second kappa shape index (κ2) is 7.00. The van der Waals surface area contributed by atoms with Gasteiger partial charge in [-0.15, -0.1) is 11.3 Å². The summed E-state index contributed by atoms with van der Waals surface area (Å²) in [6.45, 7) is 4.32. The van der Waals surface area contributed by atoms with Crippen LogP contribution in [0.1, 0.15) is 63.3 Å². The van der Waals surface area contributed by atoms with E-state index in [0.717, 1.165) is 16.9 Å². The van der Waals surface area contributed by atoms with E-state index in [9.17, 15) is 4.79 Å². The smallest absolute Gasteiger partial charge is 0.302 e. The molecule has 1 aromatic carbocycles. The lowest BCUT2D eigenvalue weighted by molar-refractivity contribution is -0.141. The van der Waals surface area contributed by atoms with Gasteiger partial charge in [-0.3, -0.25) is 4.79 Å². The summed E-state index contributed by atoms with van der Waals surface area (Å²) < 4.78 is 6.58. The number of benzene rings is 1. The van der Waals surface area contributed by atoms with E-state index in [1.807, 2.05) is 12.1 Å². The summed E-state index contributed by atoms with van der Waals surface area (Å²) in [6, 6.07) is 8.24. The first-order valence-corrected chi connectivity index (χ1v) is 9.36. The summed E-state index contributed by atoms with van der Waals surface area (Å²) in [5, 5.41) is 1.11. The van der Waals surface area contributed by atoms with Crippen molar-refractivity contribution in [3.8, 4) is 0 Å². The lowest BCUT2D eigenvalue weighted by atomic mass is 9.70. The molecule has 0 aliphatic heterocycles. The quantitative estimate of drug-likeness (QED) is 0.698. The average Bonchev–Trinajstić information content (AvgIpc) is 2.96. The van der Waals surface area contributed by atoms with Gasteiger partial charge < -0.3 is 4.74 Å². The van der Waals surface area contributed by atoms with Crippen molar-refractivity contribution in [1.29, 1.82) is 0 Å². The number of fused-ring (bicyclic) bond motifs is 1. The molecule has 0 unspecified atom stereocenters. The first-order chi connectivity index (χ1) is 11.1. The molecule has 1 aliphatic rings. The molecular weight excluding hydrogens is 306 g/mol. The fraction of sp³-hybridized carbons (Fsp3) is 0.579. The fourth-order valence-electron chi connectivity index (χ4n) is 3.70. The number of esters is 1. The van der Waals surface area contributed by atoms with Gasteiger partial charge in [-0.05, 0) is 36.8 Å². The van der Waals surface area contributed by atoms with E-state index in [4.69, 9.17) is 9.72 Å². The van der Waals surface area contributed by atoms with E-state index in [0.29, 0.717) is 12.0 Å². The summed E-state index contributed by atoms with van der Waals surface area (Å²) in [6.07, 6.45) is 7.58. The third-order valence-corrected chi connectivity index (χ3v) is 6.15. The number of thiazole rings is 1. The van der Waals surface area contributed by atoms with Crippen molar-refractivity contribution in [2.75, 3.05) is 6.61 Å². The maximum atomic E-state index is 11.3. The minimum Gasteiger partial charge on any atom is -0.465 e. The lowest BCUT2D eigenvalue weighted by Crippen LogP contribution is -2.25. The lowest BCUT2D eigenvalue weighted by Gasteiger charge is -2.36. The molecule has 3 rings (SSSR count). The zero-order valence-corrected chi connectivity index (χ0v) is 14.8. The number of ether oxygens (including phenoxy) is 1.